The van der Waals surface area contributed by atoms with E-state index in [0.717, 1.165) is 16.5 Å². The fourth-order valence-electron chi connectivity index (χ4n) is 5.60. The summed E-state index contributed by atoms with van der Waals surface area (Å²) in [5.41, 5.74) is 9.56. The van der Waals surface area contributed by atoms with E-state index < -0.39 is 11.2 Å². The lowest BCUT2D eigenvalue weighted by Gasteiger charge is -2.41. The Hall–Kier alpha value is -2.90. The molecule has 3 heterocycles. The maximum absolute atomic E-state index is 14.4. The highest BCUT2D eigenvalue weighted by atomic mass is 19.1. The van der Waals surface area contributed by atoms with Gasteiger partial charge in [-0.3, -0.25) is 9.59 Å². The maximum Gasteiger partial charge on any atom is 0.254 e. The number of fused-ring (bicyclic) bond motifs is 5. The lowest BCUT2D eigenvalue weighted by molar-refractivity contribution is -0.171. The number of benzene rings is 1. The predicted octanol–water partition coefficient (Wildman–Crippen LogP) is 4.27. The van der Waals surface area contributed by atoms with Crippen LogP contribution in [0, 0.1) is 12.7 Å². The smallest absolute Gasteiger partial charge is 0.254 e. The molecule has 0 unspecified atom stereocenters. The number of nitrogens with two attached hydrogens (primary N) is 1. The zero-order valence-corrected chi connectivity index (χ0v) is 20.3. The van der Waals surface area contributed by atoms with Crippen LogP contribution >= 0.6 is 0 Å². The zero-order chi connectivity index (χ0) is 24.6. The van der Waals surface area contributed by atoms with Crippen molar-refractivity contribution in [2.24, 2.45) is 5.73 Å². The number of ether oxygens (including phenoxy) is 1. The molecule has 0 amide bonds. The Morgan fingerprint density at radius 3 is 2.56 bits per heavy atom. The van der Waals surface area contributed by atoms with Crippen LogP contribution in [0.25, 0.3) is 22.3 Å². The van der Waals surface area contributed by atoms with Gasteiger partial charge in [-0.05, 0) is 63.8 Å². The molecule has 0 saturated heterocycles. The monoisotopic (exact) mass is 463 g/mol. The van der Waals surface area contributed by atoms with Crippen LogP contribution in [0.3, 0.4) is 0 Å². The minimum absolute atomic E-state index is 0.00772. The van der Waals surface area contributed by atoms with Crippen LogP contribution in [-0.4, -0.2) is 20.9 Å². The van der Waals surface area contributed by atoms with Crippen LogP contribution in [0.2, 0.25) is 0 Å². The van der Waals surface area contributed by atoms with Crippen LogP contribution in [0.5, 0.6) is 0 Å². The average molecular weight is 464 g/mol. The molecule has 0 bridgehead atoms. The summed E-state index contributed by atoms with van der Waals surface area (Å²) in [5, 5.41) is 0.805. The van der Waals surface area contributed by atoms with Crippen molar-refractivity contribution in [2.45, 2.75) is 78.2 Å². The van der Waals surface area contributed by atoms with E-state index in [1.54, 1.807) is 17.6 Å². The molecule has 2 aromatic heterocycles. The summed E-state index contributed by atoms with van der Waals surface area (Å²) >= 11 is 0. The molecule has 0 spiro atoms. The topological polar surface area (TPSA) is 87.2 Å². The SMILES string of the molecule is CC[C@@]1(OC(C)(C)C)C(=O)CCc2c1cc1n(c2=O)Cc2c-1nc1cc(F)c(C)cc1c2CN. The molecule has 1 aliphatic carbocycles. The number of hydrogen-bond donors (Lipinski definition) is 1. The van der Waals surface area contributed by atoms with Crippen molar-refractivity contribution in [1.82, 2.24) is 9.55 Å². The molecule has 34 heavy (non-hydrogen) atoms. The number of halogens is 1. The molecule has 1 aliphatic heterocycles. The lowest BCUT2D eigenvalue weighted by Crippen LogP contribution is -2.48. The second-order valence-corrected chi connectivity index (χ2v) is 10.4. The van der Waals surface area contributed by atoms with Crippen molar-refractivity contribution >= 4 is 16.7 Å². The van der Waals surface area contributed by atoms with E-state index in [9.17, 15) is 14.0 Å². The van der Waals surface area contributed by atoms with Crippen LogP contribution in [0.1, 0.15) is 68.4 Å². The fourth-order valence-corrected chi connectivity index (χ4v) is 5.60. The quantitative estimate of drug-likeness (QED) is 0.490. The van der Waals surface area contributed by atoms with Gasteiger partial charge in [0.15, 0.2) is 11.4 Å². The summed E-state index contributed by atoms with van der Waals surface area (Å²) in [5.74, 6) is -0.343. The number of ketones is 1. The minimum atomic E-state index is -1.18. The Morgan fingerprint density at radius 2 is 1.91 bits per heavy atom. The summed E-state index contributed by atoms with van der Waals surface area (Å²) in [6.07, 6.45) is 1.09. The first-order valence-electron chi connectivity index (χ1n) is 11.8. The Balaban J connectivity index is 1.82. The Kier molecular flexibility index (Phi) is 5.08. The van der Waals surface area contributed by atoms with Gasteiger partial charge in [0, 0.05) is 41.1 Å². The average Bonchev–Trinajstić information content (AvgIpc) is 3.13. The van der Waals surface area contributed by atoms with Gasteiger partial charge < -0.3 is 15.0 Å². The highest BCUT2D eigenvalue weighted by Gasteiger charge is 2.48. The van der Waals surface area contributed by atoms with Gasteiger partial charge in [0.1, 0.15) is 5.82 Å². The lowest BCUT2D eigenvalue weighted by atomic mass is 9.76. The number of rotatable bonds is 3. The van der Waals surface area contributed by atoms with E-state index in [2.05, 4.69) is 0 Å². The zero-order valence-electron chi connectivity index (χ0n) is 20.3. The van der Waals surface area contributed by atoms with Gasteiger partial charge in [-0.15, -0.1) is 0 Å². The number of aryl methyl sites for hydroxylation is 1. The molecule has 0 saturated carbocycles. The molecule has 6 nitrogen and oxygen atoms in total. The normalized spacial score (nSPS) is 19.3. The third kappa shape index (κ3) is 3.17. The molecule has 1 aromatic carbocycles. The largest absolute Gasteiger partial charge is 0.357 e. The van der Waals surface area contributed by atoms with E-state index >= 15 is 0 Å². The number of pyridine rings is 2. The fraction of sp³-hybridized carbons (Fsp3) is 0.444. The molecule has 3 aromatic rings. The number of carbonyl (C=O) groups is 1. The van der Waals surface area contributed by atoms with Gasteiger partial charge in [-0.2, -0.15) is 0 Å². The molecule has 0 radical (unpaired) electrons. The summed E-state index contributed by atoms with van der Waals surface area (Å²) in [7, 11) is 0. The van der Waals surface area contributed by atoms with E-state index in [0.29, 0.717) is 53.0 Å². The predicted molar refractivity (Wildman–Crippen MR) is 129 cm³/mol. The first-order chi connectivity index (χ1) is 16.0. The summed E-state index contributed by atoms with van der Waals surface area (Å²) in [6.45, 7) is 9.99. The highest BCUT2D eigenvalue weighted by Crippen LogP contribution is 2.44. The first kappa shape index (κ1) is 22.9. The maximum atomic E-state index is 14.4. The highest BCUT2D eigenvalue weighted by molar-refractivity contribution is 5.92. The van der Waals surface area contributed by atoms with Gasteiger partial charge in [-0.25, -0.2) is 9.37 Å². The number of Topliss-reactive ketones (excluding diaryl/α,β-unsaturated/α-hetero) is 1. The van der Waals surface area contributed by atoms with Gasteiger partial charge in [0.25, 0.3) is 5.56 Å². The molecule has 7 heteroatoms. The van der Waals surface area contributed by atoms with Gasteiger partial charge >= 0.3 is 0 Å². The van der Waals surface area contributed by atoms with Crippen molar-refractivity contribution in [1.29, 1.82) is 0 Å². The second-order valence-electron chi connectivity index (χ2n) is 10.4. The van der Waals surface area contributed by atoms with Crippen LogP contribution in [-0.2, 0) is 34.6 Å². The van der Waals surface area contributed by atoms with Crippen molar-refractivity contribution in [3.8, 4) is 11.4 Å². The van der Waals surface area contributed by atoms with E-state index in [4.69, 9.17) is 15.5 Å². The number of hydrogen-bond acceptors (Lipinski definition) is 5. The molecule has 2 N–H and O–H groups in total. The summed E-state index contributed by atoms with van der Waals surface area (Å²) < 4.78 is 22.5. The second kappa shape index (κ2) is 7.55. The van der Waals surface area contributed by atoms with Crippen molar-refractivity contribution in [3.63, 3.8) is 0 Å². The van der Waals surface area contributed by atoms with Gasteiger partial charge in [0.05, 0.1) is 29.1 Å². The Bertz CT molecular complexity index is 1430. The summed E-state index contributed by atoms with van der Waals surface area (Å²) in [4.78, 5) is 31.8. The van der Waals surface area contributed by atoms with Crippen molar-refractivity contribution in [3.05, 3.63) is 62.2 Å². The third-order valence-corrected chi connectivity index (χ3v) is 7.11. The third-order valence-electron chi connectivity index (χ3n) is 7.11. The van der Waals surface area contributed by atoms with E-state index in [1.165, 1.54) is 6.07 Å². The van der Waals surface area contributed by atoms with E-state index in [-0.39, 0.29) is 30.1 Å². The Labute approximate surface area is 197 Å². The first-order valence-corrected chi connectivity index (χ1v) is 11.8. The number of nitrogens with zero attached hydrogens (tertiary/aromatic N) is 2. The van der Waals surface area contributed by atoms with Gasteiger partial charge in [-0.1, -0.05) is 6.92 Å². The molecule has 1 atom stereocenters. The van der Waals surface area contributed by atoms with Crippen LogP contribution < -0.4 is 11.3 Å². The molecule has 0 fully saturated rings. The van der Waals surface area contributed by atoms with Gasteiger partial charge in [0.2, 0.25) is 0 Å². The van der Waals surface area contributed by atoms with Crippen molar-refractivity contribution in [2.75, 3.05) is 0 Å². The summed E-state index contributed by atoms with van der Waals surface area (Å²) in [6, 6.07) is 5.10. The molecular formula is C27H30FN3O3. The standard InChI is InChI=1S/C27H30FN3O3/c1-6-27(34-26(3,4)5)19-10-22-24-18(13-31(22)25(33)15(19)7-8-23(27)32)17(12-29)16-9-14(2)20(28)11-21(16)30-24/h9-11H,6-8,12-13,29H2,1-5H3/t27-/m0/s1. The van der Waals surface area contributed by atoms with Crippen molar-refractivity contribution < 1.29 is 13.9 Å². The molecule has 2 aliphatic rings. The number of carbonyl (C=O) groups excluding carboxylic acids is 1. The molecular weight excluding hydrogens is 433 g/mol. The molecule has 5 rings (SSSR count). The number of aromatic nitrogens is 2. The van der Waals surface area contributed by atoms with Crippen LogP contribution in [0.15, 0.2) is 23.0 Å². The molecule has 178 valence electrons. The van der Waals surface area contributed by atoms with Crippen LogP contribution in [0.4, 0.5) is 4.39 Å². The minimum Gasteiger partial charge on any atom is -0.357 e. The Morgan fingerprint density at radius 1 is 1.18 bits per heavy atom. The van der Waals surface area contributed by atoms with E-state index in [1.807, 2.05) is 33.8 Å².